The standard InChI is InChI=1S/C12H11Cl2NO3/c13-9-2-1-7(3-10(9)14)4-11(16)15-5-8(6-15)12(17)18/h1-3,8H,4-6H2,(H,17,18). The zero-order valence-corrected chi connectivity index (χ0v) is 10.9. The topological polar surface area (TPSA) is 57.6 Å². The van der Waals surface area contributed by atoms with Crippen molar-refractivity contribution in [1.29, 1.82) is 0 Å². The lowest BCUT2D eigenvalue weighted by Crippen LogP contribution is -2.53. The van der Waals surface area contributed by atoms with Crippen LogP contribution in [0.4, 0.5) is 0 Å². The van der Waals surface area contributed by atoms with Crippen LogP contribution >= 0.6 is 23.2 Å². The molecule has 1 amide bonds. The Bertz CT molecular complexity index is 498. The van der Waals surface area contributed by atoms with Gasteiger partial charge in [-0.05, 0) is 17.7 Å². The van der Waals surface area contributed by atoms with Crippen LogP contribution in [0.1, 0.15) is 5.56 Å². The molecule has 1 aromatic carbocycles. The van der Waals surface area contributed by atoms with Crippen molar-refractivity contribution >= 4 is 35.1 Å². The molecular weight excluding hydrogens is 277 g/mol. The number of benzene rings is 1. The van der Waals surface area contributed by atoms with E-state index in [-0.39, 0.29) is 25.4 Å². The Labute approximate surface area is 114 Å². The zero-order chi connectivity index (χ0) is 13.3. The molecule has 0 aliphatic carbocycles. The first-order valence-electron chi connectivity index (χ1n) is 5.42. The van der Waals surface area contributed by atoms with Gasteiger partial charge in [-0.3, -0.25) is 9.59 Å². The molecule has 0 unspecified atom stereocenters. The maximum atomic E-state index is 11.8. The molecule has 0 atom stereocenters. The van der Waals surface area contributed by atoms with E-state index in [0.29, 0.717) is 10.0 Å². The van der Waals surface area contributed by atoms with Crippen molar-refractivity contribution in [2.24, 2.45) is 5.92 Å². The smallest absolute Gasteiger partial charge is 0.310 e. The van der Waals surface area contributed by atoms with Crippen LogP contribution in [0.3, 0.4) is 0 Å². The first-order valence-corrected chi connectivity index (χ1v) is 6.17. The molecule has 1 aliphatic rings. The van der Waals surface area contributed by atoms with Crippen molar-refractivity contribution in [1.82, 2.24) is 4.90 Å². The third kappa shape index (κ3) is 2.76. The molecular formula is C12H11Cl2NO3. The monoisotopic (exact) mass is 287 g/mol. The summed E-state index contributed by atoms with van der Waals surface area (Å²) in [6.45, 7) is 0.574. The number of rotatable bonds is 3. The minimum atomic E-state index is -0.853. The van der Waals surface area contributed by atoms with Gasteiger partial charge in [0, 0.05) is 13.1 Å². The number of nitrogens with zero attached hydrogens (tertiary/aromatic N) is 1. The molecule has 18 heavy (non-hydrogen) atoms. The number of carboxylic acids is 1. The fraction of sp³-hybridized carbons (Fsp3) is 0.333. The number of carbonyl (C=O) groups excluding carboxylic acids is 1. The number of amides is 1. The van der Waals surface area contributed by atoms with Crippen molar-refractivity contribution in [3.05, 3.63) is 33.8 Å². The normalized spacial score (nSPS) is 15.3. The van der Waals surface area contributed by atoms with Crippen molar-refractivity contribution in [3.8, 4) is 0 Å². The largest absolute Gasteiger partial charge is 0.481 e. The van der Waals surface area contributed by atoms with Crippen molar-refractivity contribution < 1.29 is 14.7 Å². The van der Waals surface area contributed by atoms with Crippen molar-refractivity contribution in [2.45, 2.75) is 6.42 Å². The Balaban J connectivity index is 1.92. The summed E-state index contributed by atoms with van der Waals surface area (Å²) in [6.07, 6.45) is 0.212. The number of hydrogen-bond donors (Lipinski definition) is 1. The van der Waals surface area contributed by atoms with Crippen LogP contribution in [-0.4, -0.2) is 35.0 Å². The van der Waals surface area contributed by atoms with Gasteiger partial charge in [-0.25, -0.2) is 0 Å². The molecule has 0 aromatic heterocycles. The second-order valence-electron chi connectivity index (χ2n) is 4.26. The Kier molecular flexibility index (Phi) is 3.78. The minimum absolute atomic E-state index is 0.0918. The second-order valence-corrected chi connectivity index (χ2v) is 5.07. The fourth-order valence-corrected chi connectivity index (χ4v) is 2.10. The average Bonchev–Trinajstić information content (AvgIpc) is 2.20. The summed E-state index contributed by atoms with van der Waals surface area (Å²) in [5.41, 5.74) is 0.771. The van der Waals surface area contributed by atoms with Crippen LogP contribution in [0.5, 0.6) is 0 Å². The molecule has 0 saturated carbocycles. The molecule has 2 rings (SSSR count). The van der Waals surface area contributed by atoms with Gasteiger partial charge in [-0.15, -0.1) is 0 Å². The van der Waals surface area contributed by atoms with Crippen molar-refractivity contribution in [2.75, 3.05) is 13.1 Å². The van der Waals surface area contributed by atoms with E-state index in [2.05, 4.69) is 0 Å². The first kappa shape index (κ1) is 13.2. The van der Waals surface area contributed by atoms with Crippen LogP contribution in [0.2, 0.25) is 10.0 Å². The van der Waals surface area contributed by atoms with Gasteiger partial charge in [0.15, 0.2) is 0 Å². The number of halogens is 2. The predicted molar refractivity (Wildman–Crippen MR) is 67.9 cm³/mol. The molecule has 96 valence electrons. The molecule has 1 saturated heterocycles. The zero-order valence-electron chi connectivity index (χ0n) is 9.40. The maximum Gasteiger partial charge on any atom is 0.310 e. The number of carbonyl (C=O) groups is 2. The SMILES string of the molecule is O=C(O)C1CN(C(=O)Cc2ccc(Cl)c(Cl)c2)C1. The van der Waals surface area contributed by atoms with E-state index in [9.17, 15) is 9.59 Å². The first-order chi connectivity index (χ1) is 8.47. The van der Waals surface area contributed by atoms with Crippen LogP contribution in [0.15, 0.2) is 18.2 Å². The van der Waals surface area contributed by atoms with Gasteiger partial charge in [0.1, 0.15) is 0 Å². The highest BCUT2D eigenvalue weighted by Gasteiger charge is 2.35. The van der Waals surface area contributed by atoms with Gasteiger partial charge in [0.05, 0.1) is 22.4 Å². The number of hydrogen-bond acceptors (Lipinski definition) is 2. The third-order valence-corrected chi connectivity index (χ3v) is 3.66. The van der Waals surface area contributed by atoms with Gasteiger partial charge in [-0.2, -0.15) is 0 Å². The number of carboxylic acid groups (broad SMARTS) is 1. The van der Waals surface area contributed by atoms with Crippen LogP contribution in [-0.2, 0) is 16.0 Å². The highest BCUT2D eigenvalue weighted by molar-refractivity contribution is 6.42. The average molecular weight is 288 g/mol. The Morgan fingerprint density at radius 1 is 1.28 bits per heavy atom. The Morgan fingerprint density at radius 2 is 1.94 bits per heavy atom. The summed E-state index contributed by atoms with van der Waals surface area (Å²) in [5, 5.41) is 9.58. The molecule has 1 N–H and O–H groups in total. The molecule has 4 nitrogen and oxygen atoms in total. The number of likely N-dealkylation sites (tertiary alicyclic amines) is 1. The van der Waals surface area contributed by atoms with E-state index in [1.54, 1.807) is 18.2 Å². The lowest BCUT2D eigenvalue weighted by atomic mass is 9.99. The van der Waals surface area contributed by atoms with Gasteiger partial charge in [0.25, 0.3) is 0 Å². The van der Waals surface area contributed by atoms with Gasteiger partial charge < -0.3 is 10.0 Å². The Morgan fingerprint density at radius 3 is 2.50 bits per heavy atom. The van der Waals surface area contributed by atoms with Crippen LogP contribution in [0, 0.1) is 5.92 Å². The van der Waals surface area contributed by atoms with Crippen LogP contribution < -0.4 is 0 Å². The number of aliphatic carboxylic acids is 1. The summed E-state index contributed by atoms with van der Waals surface area (Å²) >= 11 is 11.6. The third-order valence-electron chi connectivity index (χ3n) is 2.92. The molecule has 0 bridgehead atoms. The van der Waals surface area contributed by atoms with E-state index >= 15 is 0 Å². The summed E-state index contributed by atoms with van der Waals surface area (Å²) in [5.74, 6) is -1.37. The maximum absolute atomic E-state index is 11.8. The minimum Gasteiger partial charge on any atom is -0.481 e. The quantitative estimate of drug-likeness (QED) is 0.926. The molecule has 1 aliphatic heterocycles. The van der Waals surface area contributed by atoms with E-state index in [1.807, 2.05) is 0 Å². The second kappa shape index (κ2) is 5.16. The highest BCUT2D eigenvalue weighted by Crippen LogP contribution is 2.24. The molecule has 1 aromatic rings. The van der Waals surface area contributed by atoms with E-state index < -0.39 is 11.9 Å². The molecule has 1 heterocycles. The summed E-state index contributed by atoms with van der Waals surface area (Å²) in [7, 11) is 0. The highest BCUT2D eigenvalue weighted by atomic mass is 35.5. The lowest BCUT2D eigenvalue weighted by Gasteiger charge is -2.36. The van der Waals surface area contributed by atoms with Gasteiger partial charge >= 0.3 is 5.97 Å². The van der Waals surface area contributed by atoms with Gasteiger partial charge in [-0.1, -0.05) is 29.3 Å². The predicted octanol–water partition coefficient (Wildman–Crippen LogP) is 2.08. The summed E-state index contributed by atoms with van der Waals surface area (Å²) < 4.78 is 0. The molecule has 6 heteroatoms. The van der Waals surface area contributed by atoms with Gasteiger partial charge in [0.2, 0.25) is 5.91 Å². The van der Waals surface area contributed by atoms with E-state index in [4.69, 9.17) is 28.3 Å². The lowest BCUT2D eigenvalue weighted by molar-refractivity contribution is -0.152. The van der Waals surface area contributed by atoms with Crippen LogP contribution in [0.25, 0.3) is 0 Å². The molecule has 0 spiro atoms. The summed E-state index contributed by atoms with van der Waals surface area (Å²) in [6, 6.07) is 5.03. The van der Waals surface area contributed by atoms with E-state index in [1.165, 1.54) is 4.90 Å². The Hall–Kier alpha value is -1.26. The molecule has 1 fully saturated rings. The van der Waals surface area contributed by atoms with Crippen molar-refractivity contribution in [3.63, 3.8) is 0 Å². The van der Waals surface area contributed by atoms with E-state index in [0.717, 1.165) is 5.56 Å². The fourth-order valence-electron chi connectivity index (χ4n) is 1.77. The molecule has 0 radical (unpaired) electrons. The summed E-state index contributed by atoms with van der Waals surface area (Å²) in [4.78, 5) is 24.0.